The number of nitriles is 1. The third-order valence-corrected chi connectivity index (χ3v) is 6.34. The van der Waals surface area contributed by atoms with E-state index < -0.39 is 0 Å². The molecule has 3 rings (SSSR count). The molecule has 1 aromatic carbocycles. The molecule has 0 atom stereocenters. The number of pyridine rings is 1. The van der Waals surface area contributed by atoms with Crippen LogP contribution in [0.15, 0.2) is 23.0 Å². The number of benzene rings is 1. The van der Waals surface area contributed by atoms with Crippen LogP contribution in [0, 0.1) is 32.1 Å². The minimum absolute atomic E-state index is 0.145. The van der Waals surface area contributed by atoms with Crippen molar-refractivity contribution in [2.75, 3.05) is 11.4 Å². The first kappa shape index (κ1) is 22.6. The van der Waals surface area contributed by atoms with E-state index in [0.29, 0.717) is 22.7 Å². The molecular formula is C25H32N4O2. The number of hydrogen-bond acceptors (Lipinski definition) is 4. The van der Waals surface area contributed by atoms with Crippen molar-refractivity contribution < 1.29 is 4.79 Å². The predicted molar refractivity (Wildman–Crippen MR) is 123 cm³/mol. The van der Waals surface area contributed by atoms with Crippen LogP contribution in [0.4, 0.5) is 5.69 Å². The molecule has 1 aromatic heterocycles. The van der Waals surface area contributed by atoms with Crippen molar-refractivity contribution in [2.24, 2.45) is 0 Å². The number of carbonyl (C=O) groups is 1. The minimum Gasteiger partial charge on any atom is -0.369 e. The van der Waals surface area contributed by atoms with E-state index in [1.54, 1.807) is 6.07 Å². The summed E-state index contributed by atoms with van der Waals surface area (Å²) >= 11 is 0. The molecule has 0 saturated heterocycles. The lowest BCUT2D eigenvalue weighted by Crippen LogP contribution is -2.37. The Labute approximate surface area is 184 Å². The Morgan fingerprint density at radius 1 is 1.19 bits per heavy atom. The van der Waals surface area contributed by atoms with Crippen LogP contribution in [0.1, 0.15) is 77.3 Å². The zero-order valence-electron chi connectivity index (χ0n) is 19.0. The highest BCUT2D eigenvalue weighted by Crippen LogP contribution is 2.32. The fraction of sp³-hybridized carbons (Fsp3) is 0.480. The maximum Gasteiger partial charge on any atom is 0.253 e. The average Bonchev–Trinajstić information content (AvgIpc) is 2.75. The van der Waals surface area contributed by atoms with Crippen molar-refractivity contribution in [3.05, 3.63) is 62.1 Å². The molecule has 1 aliphatic carbocycles. The molecule has 0 aliphatic heterocycles. The first-order valence-electron chi connectivity index (χ1n) is 11.1. The third-order valence-electron chi connectivity index (χ3n) is 6.34. The van der Waals surface area contributed by atoms with Gasteiger partial charge in [-0.25, -0.2) is 0 Å². The second-order valence-corrected chi connectivity index (χ2v) is 8.48. The molecule has 0 unspecified atom stereocenters. The molecule has 1 fully saturated rings. The second-order valence-electron chi connectivity index (χ2n) is 8.48. The first-order valence-corrected chi connectivity index (χ1v) is 11.1. The topological polar surface area (TPSA) is 89.0 Å². The molecule has 0 radical (unpaired) electrons. The van der Waals surface area contributed by atoms with Gasteiger partial charge in [-0.3, -0.25) is 9.59 Å². The first-order chi connectivity index (χ1) is 14.8. The maximum absolute atomic E-state index is 13.1. The summed E-state index contributed by atoms with van der Waals surface area (Å²) in [6.45, 7) is 8.75. The van der Waals surface area contributed by atoms with E-state index in [0.717, 1.165) is 41.9 Å². The molecule has 0 bridgehead atoms. The van der Waals surface area contributed by atoms with E-state index >= 15 is 0 Å². The maximum atomic E-state index is 13.1. The van der Waals surface area contributed by atoms with Crippen molar-refractivity contribution in [3.63, 3.8) is 0 Å². The van der Waals surface area contributed by atoms with Gasteiger partial charge in [-0.15, -0.1) is 0 Å². The van der Waals surface area contributed by atoms with Crippen LogP contribution >= 0.6 is 0 Å². The van der Waals surface area contributed by atoms with Gasteiger partial charge < -0.3 is 15.2 Å². The predicted octanol–water partition coefficient (Wildman–Crippen LogP) is 4.26. The molecule has 6 heteroatoms. The number of nitrogens with one attached hydrogen (secondary N) is 2. The van der Waals surface area contributed by atoms with Gasteiger partial charge in [0.2, 0.25) is 0 Å². The van der Waals surface area contributed by atoms with E-state index in [1.165, 1.54) is 19.3 Å². The van der Waals surface area contributed by atoms with Crippen LogP contribution in [0.25, 0.3) is 0 Å². The molecule has 164 valence electrons. The number of anilines is 1. The number of nitrogens with zero attached hydrogens (tertiary/aromatic N) is 2. The van der Waals surface area contributed by atoms with E-state index in [1.807, 2.05) is 32.9 Å². The molecule has 2 aromatic rings. The number of carbonyl (C=O) groups excluding carboxylic acids is 1. The molecular weight excluding hydrogens is 388 g/mol. The summed E-state index contributed by atoms with van der Waals surface area (Å²) in [5.41, 5.74) is 4.80. The van der Waals surface area contributed by atoms with Crippen LogP contribution in [0.2, 0.25) is 0 Å². The number of rotatable bonds is 6. The fourth-order valence-electron chi connectivity index (χ4n) is 4.68. The highest BCUT2D eigenvalue weighted by molar-refractivity contribution is 5.97. The van der Waals surface area contributed by atoms with Crippen molar-refractivity contribution in [3.8, 4) is 6.07 Å². The molecule has 1 saturated carbocycles. The molecule has 1 heterocycles. The van der Waals surface area contributed by atoms with Crippen LogP contribution in [0.3, 0.4) is 0 Å². The number of aromatic amines is 1. The summed E-state index contributed by atoms with van der Waals surface area (Å²) in [6.07, 6.45) is 5.99. The highest BCUT2D eigenvalue weighted by Gasteiger charge is 2.24. The van der Waals surface area contributed by atoms with Gasteiger partial charge >= 0.3 is 0 Å². The van der Waals surface area contributed by atoms with Crippen molar-refractivity contribution in [2.45, 2.75) is 72.4 Å². The van der Waals surface area contributed by atoms with Crippen molar-refractivity contribution >= 4 is 11.6 Å². The van der Waals surface area contributed by atoms with Gasteiger partial charge in [-0.1, -0.05) is 19.3 Å². The lowest BCUT2D eigenvalue weighted by molar-refractivity contribution is 0.0950. The SMILES string of the molecule is CCN(c1cc(C#N)cc(C(=O)NCc2c(C)cc(C)[nH]c2=O)c1C)C1CCCCC1. The number of aromatic nitrogens is 1. The Morgan fingerprint density at radius 3 is 2.52 bits per heavy atom. The van der Waals surface area contributed by atoms with Gasteiger partial charge in [-0.05, 0) is 69.9 Å². The van der Waals surface area contributed by atoms with Crippen LogP contribution in [0.5, 0.6) is 0 Å². The molecule has 1 amide bonds. The second kappa shape index (κ2) is 9.82. The summed E-state index contributed by atoms with van der Waals surface area (Å²) in [6, 6.07) is 8.09. The molecule has 1 aliphatic rings. The van der Waals surface area contributed by atoms with Crippen molar-refractivity contribution in [1.82, 2.24) is 10.3 Å². The van der Waals surface area contributed by atoms with Gasteiger partial charge in [0.05, 0.1) is 11.6 Å². The normalized spacial score (nSPS) is 14.2. The van der Waals surface area contributed by atoms with Crippen LogP contribution in [-0.2, 0) is 6.54 Å². The summed E-state index contributed by atoms with van der Waals surface area (Å²) in [5, 5.41) is 12.5. The third kappa shape index (κ3) is 4.99. The number of H-pyrrole nitrogens is 1. The lowest BCUT2D eigenvalue weighted by Gasteiger charge is -2.36. The largest absolute Gasteiger partial charge is 0.369 e. The molecule has 2 N–H and O–H groups in total. The Kier molecular flexibility index (Phi) is 7.17. The quantitative estimate of drug-likeness (QED) is 0.731. The Bertz CT molecular complexity index is 1060. The summed E-state index contributed by atoms with van der Waals surface area (Å²) < 4.78 is 0. The molecule has 0 spiro atoms. The fourth-order valence-corrected chi connectivity index (χ4v) is 4.68. The Hall–Kier alpha value is -3.07. The van der Waals surface area contributed by atoms with Crippen molar-refractivity contribution in [1.29, 1.82) is 5.26 Å². The monoisotopic (exact) mass is 420 g/mol. The van der Waals surface area contributed by atoms with E-state index in [4.69, 9.17) is 0 Å². The van der Waals surface area contributed by atoms with Gasteiger partial charge in [0, 0.05) is 41.6 Å². The number of amides is 1. The molecule has 6 nitrogen and oxygen atoms in total. The molecule has 31 heavy (non-hydrogen) atoms. The zero-order chi connectivity index (χ0) is 22.5. The Balaban J connectivity index is 1.90. The van der Waals surface area contributed by atoms with E-state index in [-0.39, 0.29) is 18.0 Å². The standard InChI is InChI=1S/C25H32N4O2/c1-5-29(20-9-7-6-8-10-20)23-13-19(14-26)12-21(18(23)4)24(30)27-15-22-16(2)11-17(3)28-25(22)31/h11-13,20H,5-10,15H2,1-4H3,(H,27,30)(H,28,31). The van der Waals surface area contributed by atoms with E-state index in [9.17, 15) is 14.9 Å². The number of aryl methyl sites for hydroxylation is 2. The van der Waals surface area contributed by atoms with Crippen LogP contribution < -0.4 is 15.8 Å². The van der Waals surface area contributed by atoms with Gasteiger partial charge in [0.1, 0.15) is 0 Å². The van der Waals surface area contributed by atoms with Gasteiger partial charge in [0.25, 0.3) is 11.5 Å². The lowest BCUT2D eigenvalue weighted by atomic mass is 9.92. The smallest absolute Gasteiger partial charge is 0.253 e. The number of hydrogen-bond donors (Lipinski definition) is 2. The van der Waals surface area contributed by atoms with Gasteiger partial charge in [0.15, 0.2) is 0 Å². The van der Waals surface area contributed by atoms with Gasteiger partial charge in [-0.2, -0.15) is 5.26 Å². The minimum atomic E-state index is -0.269. The zero-order valence-corrected chi connectivity index (χ0v) is 19.0. The van der Waals surface area contributed by atoms with Crippen LogP contribution in [-0.4, -0.2) is 23.5 Å². The summed E-state index contributed by atoms with van der Waals surface area (Å²) in [7, 11) is 0. The highest BCUT2D eigenvalue weighted by atomic mass is 16.1. The Morgan fingerprint density at radius 2 is 1.90 bits per heavy atom. The summed E-state index contributed by atoms with van der Waals surface area (Å²) in [4.78, 5) is 30.5. The van der Waals surface area contributed by atoms with E-state index in [2.05, 4.69) is 28.2 Å². The average molecular weight is 421 g/mol. The summed E-state index contributed by atoms with van der Waals surface area (Å²) in [5.74, 6) is -0.269.